The van der Waals surface area contributed by atoms with Gasteiger partial charge in [0.05, 0.1) is 23.3 Å². The van der Waals surface area contributed by atoms with Gasteiger partial charge in [0.2, 0.25) is 5.91 Å². The summed E-state index contributed by atoms with van der Waals surface area (Å²) < 4.78 is 2.11. The molecule has 2 atom stereocenters. The lowest BCUT2D eigenvalue weighted by atomic mass is 9.96. The summed E-state index contributed by atoms with van der Waals surface area (Å²) in [6.07, 6.45) is 2.03. The average molecular weight is 554 g/mol. The third kappa shape index (κ3) is 5.46. The topological polar surface area (TPSA) is 99.5 Å². The van der Waals surface area contributed by atoms with Gasteiger partial charge >= 0.3 is 5.97 Å². The largest absolute Gasteiger partial charge is 0.478 e. The maximum atomic E-state index is 12.9. The molecule has 1 saturated heterocycles. The van der Waals surface area contributed by atoms with Crippen molar-refractivity contribution in [3.8, 4) is 5.69 Å². The highest BCUT2D eigenvalue weighted by molar-refractivity contribution is 7.80. The number of nitrogens with zero attached hydrogens (tertiary/aromatic N) is 3. The van der Waals surface area contributed by atoms with Crippen LogP contribution in [0.5, 0.6) is 0 Å². The number of aryl methyl sites for hydroxylation is 2. The van der Waals surface area contributed by atoms with Crippen molar-refractivity contribution in [1.82, 2.24) is 19.8 Å². The van der Waals surface area contributed by atoms with Crippen molar-refractivity contribution in [2.24, 2.45) is 0 Å². The number of nitrogens with one attached hydrogen (secondary N) is 2. The minimum absolute atomic E-state index is 0.0857. The molecule has 1 aliphatic heterocycles. The maximum Gasteiger partial charge on any atom is 0.335 e. The molecule has 204 valence electrons. The van der Waals surface area contributed by atoms with E-state index < -0.39 is 5.97 Å². The van der Waals surface area contributed by atoms with Gasteiger partial charge < -0.3 is 25.2 Å². The van der Waals surface area contributed by atoms with E-state index in [2.05, 4.69) is 31.2 Å². The number of rotatable bonds is 8. The smallest absolute Gasteiger partial charge is 0.335 e. The summed E-state index contributed by atoms with van der Waals surface area (Å²) in [5.41, 5.74) is 6.89. The summed E-state index contributed by atoms with van der Waals surface area (Å²) in [5, 5.41) is 16.3. The van der Waals surface area contributed by atoms with E-state index in [0.29, 0.717) is 11.7 Å². The molecular formula is C31H31N5O3S. The number of carboxylic acid groups (broad SMARTS) is 1. The summed E-state index contributed by atoms with van der Waals surface area (Å²) in [7, 11) is 0. The normalized spacial score (nSPS) is 16.6. The lowest BCUT2D eigenvalue weighted by Gasteiger charge is -2.28. The Bertz CT molecular complexity index is 1570. The first-order chi connectivity index (χ1) is 19.2. The number of amides is 1. The van der Waals surface area contributed by atoms with Crippen molar-refractivity contribution in [2.75, 3.05) is 11.9 Å². The van der Waals surface area contributed by atoms with Crippen molar-refractivity contribution in [1.29, 1.82) is 0 Å². The zero-order valence-electron chi connectivity index (χ0n) is 22.6. The van der Waals surface area contributed by atoms with Crippen LogP contribution >= 0.6 is 12.2 Å². The van der Waals surface area contributed by atoms with E-state index in [1.807, 2.05) is 75.4 Å². The fraction of sp³-hybridized carbons (Fsp3) is 0.226. The minimum atomic E-state index is -0.959. The molecule has 3 heterocycles. The number of anilines is 1. The standard InChI is InChI=1S/C31H31N5O3S/c1-19-7-6-8-23(17-19)33-27(37)14-16-35-29(28(34-31(35)40)26-9-4-5-15-32-26)25-18-20(2)36(21(25)3)24-12-10-22(11-13-24)30(38)39/h4-13,15,17-18,28-29H,14,16H2,1-3H3,(H,33,37)(H,34,40)(H,38,39). The highest BCUT2D eigenvalue weighted by Gasteiger charge is 2.41. The van der Waals surface area contributed by atoms with Gasteiger partial charge in [-0.05, 0) is 98.7 Å². The van der Waals surface area contributed by atoms with Gasteiger partial charge in [0, 0.05) is 41.9 Å². The van der Waals surface area contributed by atoms with Crippen LogP contribution in [-0.2, 0) is 4.79 Å². The predicted molar refractivity (Wildman–Crippen MR) is 159 cm³/mol. The van der Waals surface area contributed by atoms with Crippen LogP contribution in [0.2, 0.25) is 0 Å². The minimum Gasteiger partial charge on any atom is -0.478 e. The lowest BCUT2D eigenvalue weighted by molar-refractivity contribution is -0.116. The molecule has 3 N–H and O–H groups in total. The molecule has 1 fully saturated rings. The van der Waals surface area contributed by atoms with Gasteiger partial charge in [-0.1, -0.05) is 18.2 Å². The molecule has 5 rings (SSSR count). The number of pyridine rings is 1. The molecule has 0 bridgehead atoms. The number of carbonyl (C=O) groups is 2. The molecule has 1 aliphatic rings. The van der Waals surface area contributed by atoms with Gasteiger partial charge in [0.15, 0.2) is 5.11 Å². The number of hydrogen-bond acceptors (Lipinski definition) is 4. The first kappa shape index (κ1) is 27.1. The summed E-state index contributed by atoms with van der Waals surface area (Å²) in [4.78, 5) is 31.0. The quantitative estimate of drug-likeness (QED) is 0.248. The first-order valence-electron chi connectivity index (χ1n) is 13.1. The molecule has 9 heteroatoms. The van der Waals surface area contributed by atoms with Crippen LogP contribution in [0.15, 0.2) is 79.0 Å². The van der Waals surface area contributed by atoms with E-state index in [4.69, 9.17) is 12.2 Å². The Balaban J connectivity index is 1.47. The van der Waals surface area contributed by atoms with Crippen molar-refractivity contribution in [3.63, 3.8) is 0 Å². The fourth-order valence-corrected chi connectivity index (χ4v) is 5.72. The molecular weight excluding hydrogens is 522 g/mol. The molecule has 8 nitrogen and oxygen atoms in total. The highest BCUT2D eigenvalue weighted by Crippen LogP contribution is 2.41. The Kier molecular flexibility index (Phi) is 7.66. The summed E-state index contributed by atoms with van der Waals surface area (Å²) in [5.74, 6) is -1.04. The Morgan fingerprint density at radius 3 is 2.48 bits per heavy atom. The van der Waals surface area contributed by atoms with E-state index in [9.17, 15) is 14.7 Å². The van der Waals surface area contributed by atoms with Crippen LogP contribution < -0.4 is 10.6 Å². The first-order valence-corrected chi connectivity index (χ1v) is 13.5. The van der Waals surface area contributed by atoms with Gasteiger partial charge in [-0.25, -0.2) is 4.79 Å². The van der Waals surface area contributed by atoms with Crippen LogP contribution in [-0.4, -0.2) is 43.1 Å². The van der Waals surface area contributed by atoms with Crippen molar-refractivity contribution in [3.05, 3.63) is 113 Å². The third-order valence-electron chi connectivity index (χ3n) is 7.24. The predicted octanol–water partition coefficient (Wildman–Crippen LogP) is 5.50. The number of aromatic carboxylic acids is 1. The Hall–Kier alpha value is -4.50. The monoisotopic (exact) mass is 553 g/mol. The number of carbonyl (C=O) groups excluding carboxylic acids is 1. The fourth-order valence-electron chi connectivity index (χ4n) is 5.39. The molecule has 4 aromatic rings. The van der Waals surface area contributed by atoms with Crippen LogP contribution in [0.25, 0.3) is 5.69 Å². The SMILES string of the molecule is Cc1cccc(NC(=O)CCN2C(=S)NC(c3ccccn3)C2c2cc(C)n(-c3ccc(C(=O)O)cc3)c2C)c1. The molecule has 40 heavy (non-hydrogen) atoms. The molecule has 2 unspecified atom stereocenters. The van der Waals surface area contributed by atoms with E-state index in [0.717, 1.165) is 39.6 Å². The van der Waals surface area contributed by atoms with Crippen LogP contribution in [0.3, 0.4) is 0 Å². The molecule has 1 amide bonds. The van der Waals surface area contributed by atoms with E-state index >= 15 is 0 Å². The number of aromatic nitrogens is 2. The molecule has 0 saturated carbocycles. The number of thiocarbonyl (C=S) groups is 1. The van der Waals surface area contributed by atoms with Gasteiger partial charge in [0.1, 0.15) is 0 Å². The number of benzene rings is 2. The second kappa shape index (κ2) is 11.3. The zero-order valence-corrected chi connectivity index (χ0v) is 23.4. The Labute approximate surface area is 238 Å². The second-order valence-corrected chi connectivity index (χ2v) is 10.4. The Morgan fingerprint density at radius 1 is 1.02 bits per heavy atom. The summed E-state index contributed by atoms with van der Waals surface area (Å²) in [6, 6.07) is 22.1. The maximum absolute atomic E-state index is 12.9. The zero-order chi connectivity index (χ0) is 28.4. The summed E-state index contributed by atoms with van der Waals surface area (Å²) >= 11 is 5.80. The van der Waals surface area contributed by atoms with Crippen molar-refractivity contribution in [2.45, 2.75) is 39.3 Å². The summed E-state index contributed by atoms with van der Waals surface area (Å²) in [6.45, 7) is 6.49. The molecule has 2 aromatic heterocycles. The van der Waals surface area contributed by atoms with Gasteiger partial charge in [-0.3, -0.25) is 9.78 Å². The van der Waals surface area contributed by atoms with Gasteiger partial charge in [-0.15, -0.1) is 0 Å². The number of carboxylic acids is 1. The molecule has 0 spiro atoms. The van der Waals surface area contributed by atoms with Gasteiger partial charge in [0.25, 0.3) is 0 Å². The second-order valence-electron chi connectivity index (χ2n) is 10.0. The lowest BCUT2D eigenvalue weighted by Crippen LogP contribution is -2.32. The van der Waals surface area contributed by atoms with E-state index in [-0.39, 0.29) is 30.0 Å². The third-order valence-corrected chi connectivity index (χ3v) is 7.59. The van der Waals surface area contributed by atoms with Gasteiger partial charge in [-0.2, -0.15) is 0 Å². The van der Waals surface area contributed by atoms with Crippen molar-refractivity contribution >= 4 is 34.9 Å². The van der Waals surface area contributed by atoms with Crippen molar-refractivity contribution < 1.29 is 14.7 Å². The van der Waals surface area contributed by atoms with E-state index in [1.54, 1.807) is 18.3 Å². The average Bonchev–Trinajstić information content (AvgIpc) is 3.42. The highest BCUT2D eigenvalue weighted by atomic mass is 32.1. The van der Waals surface area contributed by atoms with Crippen LogP contribution in [0, 0.1) is 20.8 Å². The van der Waals surface area contributed by atoms with E-state index in [1.165, 1.54) is 0 Å². The van der Waals surface area contributed by atoms with Crippen LogP contribution in [0.4, 0.5) is 5.69 Å². The molecule has 0 aliphatic carbocycles. The molecule has 0 radical (unpaired) electrons. The molecule has 2 aromatic carbocycles. The van der Waals surface area contributed by atoms with Crippen LogP contribution in [0.1, 0.15) is 57.1 Å². The number of hydrogen-bond donors (Lipinski definition) is 3. The Morgan fingerprint density at radius 2 is 1.80 bits per heavy atom.